The maximum Gasteiger partial charge on any atom is 0.0825 e. The van der Waals surface area contributed by atoms with E-state index in [1.165, 1.54) is 0 Å². The van der Waals surface area contributed by atoms with Crippen LogP contribution >= 0.6 is 0 Å². The minimum atomic E-state index is 0.736. The van der Waals surface area contributed by atoms with E-state index in [2.05, 4.69) is 28.6 Å². The molecule has 0 radical (unpaired) electrons. The molecule has 1 N–H and O–H groups in total. The zero-order valence-corrected chi connectivity index (χ0v) is 10.6. The molecule has 0 aliphatic rings. The number of anilines is 1. The Balaban J connectivity index is 1.98. The van der Waals surface area contributed by atoms with E-state index in [4.69, 9.17) is 0 Å². The van der Waals surface area contributed by atoms with Crippen molar-refractivity contribution in [2.45, 2.75) is 33.4 Å². The van der Waals surface area contributed by atoms with Crippen LogP contribution in [0.4, 0.5) is 5.69 Å². The van der Waals surface area contributed by atoms with Gasteiger partial charge in [-0.25, -0.2) is 0 Å². The molecule has 92 valence electrons. The SMILES string of the molecule is CCCn1cc(NCc2ccn(C)n2)c(C)n1. The third-order valence-electron chi connectivity index (χ3n) is 2.63. The largest absolute Gasteiger partial charge is 0.377 e. The normalized spacial score (nSPS) is 10.8. The zero-order chi connectivity index (χ0) is 12.3. The van der Waals surface area contributed by atoms with Crippen LogP contribution in [0, 0.1) is 6.92 Å². The Labute approximate surface area is 101 Å². The Morgan fingerprint density at radius 2 is 2.18 bits per heavy atom. The van der Waals surface area contributed by atoms with Gasteiger partial charge in [-0.1, -0.05) is 6.92 Å². The lowest BCUT2D eigenvalue weighted by Crippen LogP contribution is -2.01. The van der Waals surface area contributed by atoms with Crippen molar-refractivity contribution in [3.63, 3.8) is 0 Å². The molecule has 0 unspecified atom stereocenters. The second kappa shape index (κ2) is 5.03. The van der Waals surface area contributed by atoms with Crippen molar-refractivity contribution in [1.82, 2.24) is 19.6 Å². The van der Waals surface area contributed by atoms with E-state index in [1.54, 1.807) is 0 Å². The van der Waals surface area contributed by atoms with Crippen molar-refractivity contribution in [1.29, 1.82) is 0 Å². The first-order valence-corrected chi connectivity index (χ1v) is 5.95. The monoisotopic (exact) mass is 233 g/mol. The highest BCUT2D eigenvalue weighted by molar-refractivity contribution is 5.45. The molecule has 0 aliphatic heterocycles. The lowest BCUT2D eigenvalue weighted by atomic mass is 10.3. The van der Waals surface area contributed by atoms with E-state index in [0.29, 0.717) is 0 Å². The molecule has 0 aliphatic carbocycles. The molecule has 0 spiro atoms. The molecule has 17 heavy (non-hydrogen) atoms. The van der Waals surface area contributed by atoms with Crippen molar-refractivity contribution < 1.29 is 0 Å². The highest BCUT2D eigenvalue weighted by atomic mass is 15.3. The summed E-state index contributed by atoms with van der Waals surface area (Å²) >= 11 is 0. The molecule has 0 saturated carbocycles. The summed E-state index contributed by atoms with van der Waals surface area (Å²) in [5.74, 6) is 0. The summed E-state index contributed by atoms with van der Waals surface area (Å²) in [5, 5.41) is 12.1. The predicted molar refractivity (Wildman–Crippen MR) is 67.8 cm³/mol. The van der Waals surface area contributed by atoms with Gasteiger partial charge in [-0.2, -0.15) is 10.2 Å². The van der Waals surface area contributed by atoms with Crippen molar-refractivity contribution in [2.75, 3.05) is 5.32 Å². The summed E-state index contributed by atoms with van der Waals surface area (Å²) in [6.45, 7) is 5.87. The van der Waals surface area contributed by atoms with Crippen molar-refractivity contribution in [3.8, 4) is 0 Å². The average molecular weight is 233 g/mol. The fourth-order valence-corrected chi connectivity index (χ4v) is 1.78. The van der Waals surface area contributed by atoms with E-state index < -0.39 is 0 Å². The first-order valence-electron chi connectivity index (χ1n) is 5.95. The molecule has 0 atom stereocenters. The number of aromatic nitrogens is 4. The van der Waals surface area contributed by atoms with Crippen LogP contribution in [0.1, 0.15) is 24.7 Å². The molecule has 5 heteroatoms. The summed E-state index contributed by atoms with van der Waals surface area (Å²) < 4.78 is 3.79. The molecule has 0 bridgehead atoms. The maximum atomic E-state index is 4.45. The van der Waals surface area contributed by atoms with Gasteiger partial charge < -0.3 is 5.32 Å². The topological polar surface area (TPSA) is 47.7 Å². The van der Waals surface area contributed by atoms with E-state index in [9.17, 15) is 0 Å². The van der Waals surface area contributed by atoms with Crippen LogP contribution in [0.15, 0.2) is 18.5 Å². The number of nitrogens with one attached hydrogen (secondary N) is 1. The molecular weight excluding hydrogens is 214 g/mol. The van der Waals surface area contributed by atoms with E-state index in [-0.39, 0.29) is 0 Å². The summed E-state index contributed by atoms with van der Waals surface area (Å²) in [6.07, 6.45) is 5.10. The number of aryl methyl sites for hydroxylation is 3. The Hall–Kier alpha value is -1.78. The van der Waals surface area contributed by atoms with Crippen LogP contribution in [0.25, 0.3) is 0 Å². The van der Waals surface area contributed by atoms with Crippen LogP contribution in [-0.2, 0) is 20.1 Å². The second-order valence-electron chi connectivity index (χ2n) is 4.23. The lowest BCUT2D eigenvalue weighted by Gasteiger charge is -2.01. The zero-order valence-electron chi connectivity index (χ0n) is 10.6. The summed E-state index contributed by atoms with van der Waals surface area (Å²) in [5.41, 5.74) is 3.16. The highest BCUT2D eigenvalue weighted by Crippen LogP contribution is 2.13. The number of hydrogen-bond donors (Lipinski definition) is 1. The van der Waals surface area contributed by atoms with E-state index in [1.807, 2.05) is 35.6 Å². The van der Waals surface area contributed by atoms with Gasteiger partial charge in [0.1, 0.15) is 0 Å². The summed E-state index contributed by atoms with van der Waals surface area (Å²) in [6, 6.07) is 2.01. The van der Waals surface area contributed by atoms with E-state index >= 15 is 0 Å². The van der Waals surface area contributed by atoms with Crippen molar-refractivity contribution in [3.05, 3.63) is 29.8 Å². The Morgan fingerprint density at radius 1 is 1.35 bits per heavy atom. The Morgan fingerprint density at radius 3 is 2.82 bits per heavy atom. The fourth-order valence-electron chi connectivity index (χ4n) is 1.78. The number of rotatable bonds is 5. The van der Waals surface area contributed by atoms with Gasteiger partial charge in [0.2, 0.25) is 0 Å². The lowest BCUT2D eigenvalue weighted by molar-refractivity contribution is 0.598. The van der Waals surface area contributed by atoms with Gasteiger partial charge in [0, 0.05) is 26.0 Å². The van der Waals surface area contributed by atoms with Gasteiger partial charge in [-0.3, -0.25) is 9.36 Å². The first kappa shape index (κ1) is 11.7. The minimum Gasteiger partial charge on any atom is -0.377 e. The van der Waals surface area contributed by atoms with Gasteiger partial charge >= 0.3 is 0 Å². The molecule has 0 fully saturated rings. The summed E-state index contributed by atoms with van der Waals surface area (Å²) in [4.78, 5) is 0. The number of nitrogens with zero attached hydrogens (tertiary/aromatic N) is 4. The molecule has 2 heterocycles. The minimum absolute atomic E-state index is 0.736. The number of hydrogen-bond acceptors (Lipinski definition) is 3. The molecule has 0 amide bonds. The fraction of sp³-hybridized carbons (Fsp3) is 0.500. The molecule has 0 saturated heterocycles. The van der Waals surface area contributed by atoms with Crippen LogP contribution in [0.5, 0.6) is 0 Å². The van der Waals surface area contributed by atoms with Crippen LogP contribution in [0.3, 0.4) is 0 Å². The van der Waals surface area contributed by atoms with Crippen LogP contribution in [0.2, 0.25) is 0 Å². The third-order valence-corrected chi connectivity index (χ3v) is 2.63. The predicted octanol–water partition coefficient (Wildman–Crippen LogP) is 1.95. The second-order valence-corrected chi connectivity index (χ2v) is 4.23. The summed E-state index contributed by atoms with van der Waals surface area (Å²) in [7, 11) is 1.92. The van der Waals surface area contributed by atoms with Crippen molar-refractivity contribution >= 4 is 5.69 Å². The van der Waals surface area contributed by atoms with Crippen molar-refractivity contribution in [2.24, 2.45) is 7.05 Å². The molecule has 5 nitrogen and oxygen atoms in total. The van der Waals surface area contributed by atoms with Crippen LogP contribution < -0.4 is 5.32 Å². The maximum absolute atomic E-state index is 4.45. The molecular formula is C12H19N5. The van der Waals surface area contributed by atoms with Gasteiger partial charge in [-0.05, 0) is 19.4 Å². The quantitative estimate of drug-likeness (QED) is 0.858. The van der Waals surface area contributed by atoms with Gasteiger partial charge in [0.25, 0.3) is 0 Å². The molecule has 2 aromatic rings. The first-order chi connectivity index (χ1) is 8.19. The van der Waals surface area contributed by atoms with E-state index in [0.717, 1.165) is 36.6 Å². The van der Waals surface area contributed by atoms with Gasteiger partial charge in [0.05, 0.1) is 23.6 Å². The smallest absolute Gasteiger partial charge is 0.0825 e. The standard InChI is InChI=1S/C12H19N5/c1-4-6-17-9-12(10(2)14-17)13-8-11-5-7-16(3)15-11/h5,7,9,13H,4,6,8H2,1-3H3. The average Bonchev–Trinajstić information content (AvgIpc) is 2.83. The van der Waals surface area contributed by atoms with Crippen LogP contribution in [-0.4, -0.2) is 19.6 Å². The Bertz CT molecular complexity index is 483. The Kier molecular flexibility index (Phi) is 3.46. The highest BCUT2D eigenvalue weighted by Gasteiger charge is 2.04. The molecule has 2 aromatic heterocycles. The van der Waals surface area contributed by atoms with Gasteiger partial charge in [0.15, 0.2) is 0 Å². The van der Waals surface area contributed by atoms with Gasteiger partial charge in [-0.15, -0.1) is 0 Å². The molecule has 2 rings (SSSR count). The third kappa shape index (κ3) is 2.87. The molecule has 0 aromatic carbocycles.